The Morgan fingerprint density at radius 3 is 3.00 bits per heavy atom. The second-order valence-corrected chi connectivity index (χ2v) is 5.03. The van der Waals surface area contributed by atoms with Crippen LogP contribution in [-0.2, 0) is 0 Å². The zero-order valence-electron chi connectivity index (χ0n) is 11.5. The summed E-state index contributed by atoms with van der Waals surface area (Å²) in [7, 11) is 0. The number of hydrogen-bond acceptors (Lipinski definition) is 4. The third-order valence-corrected chi connectivity index (χ3v) is 3.80. The summed E-state index contributed by atoms with van der Waals surface area (Å²) < 4.78 is 13.6. The van der Waals surface area contributed by atoms with Crippen LogP contribution in [0.4, 0.5) is 15.8 Å². The quantitative estimate of drug-likeness (QED) is 0.719. The molecule has 2 rings (SSSR count). The lowest BCUT2D eigenvalue weighted by atomic mass is 10.1. The van der Waals surface area contributed by atoms with Crippen molar-refractivity contribution in [2.75, 3.05) is 30.7 Å². The molecular weight excluding hydrogens is 261 g/mol. The smallest absolute Gasteiger partial charge is 0.338 e. The summed E-state index contributed by atoms with van der Waals surface area (Å²) in [6, 6.07) is 2.73. The fourth-order valence-corrected chi connectivity index (χ4v) is 2.68. The molecule has 0 aliphatic carbocycles. The lowest BCUT2D eigenvalue weighted by Gasteiger charge is -2.23. The molecule has 1 unspecified atom stereocenters. The first kappa shape index (κ1) is 14.6. The first-order chi connectivity index (χ1) is 9.52. The number of likely N-dealkylation sites (N-methyl/N-ethyl adjacent to an activating group) is 1. The van der Waals surface area contributed by atoms with Gasteiger partial charge in [-0.1, -0.05) is 6.92 Å². The van der Waals surface area contributed by atoms with E-state index in [1.54, 1.807) is 0 Å². The number of likely N-dealkylation sites (tertiary alicyclic amines) is 1. The molecule has 1 saturated heterocycles. The number of nitrogens with two attached hydrogens (primary N) is 1. The number of anilines is 2. The van der Waals surface area contributed by atoms with E-state index in [9.17, 15) is 9.18 Å². The molecule has 5 nitrogen and oxygen atoms in total. The second kappa shape index (κ2) is 6.09. The van der Waals surface area contributed by atoms with Crippen LogP contribution in [0.5, 0.6) is 0 Å². The SMILES string of the molecule is CCN1CCCC1CNc1cc(F)c(C(=O)O)cc1N. The number of nitrogens with one attached hydrogen (secondary N) is 1. The Morgan fingerprint density at radius 2 is 2.35 bits per heavy atom. The van der Waals surface area contributed by atoms with Crippen molar-refractivity contribution in [3.05, 3.63) is 23.5 Å². The summed E-state index contributed by atoms with van der Waals surface area (Å²) in [5.41, 5.74) is 6.08. The van der Waals surface area contributed by atoms with Crippen LogP contribution in [0.2, 0.25) is 0 Å². The van der Waals surface area contributed by atoms with Crippen molar-refractivity contribution in [2.24, 2.45) is 0 Å². The van der Waals surface area contributed by atoms with Gasteiger partial charge in [0, 0.05) is 12.6 Å². The summed E-state index contributed by atoms with van der Waals surface area (Å²) >= 11 is 0. The molecule has 1 atom stereocenters. The van der Waals surface area contributed by atoms with Crippen molar-refractivity contribution >= 4 is 17.3 Å². The van der Waals surface area contributed by atoms with E-state index in [1.807, 2.05) is 0 Å². The summed E-state index contributed by atoms with van der Waals surface area (Å²) in [5.74, 6) is -2.08. The van der Waals surface area contributed by atoms with Gasteiger partial charge in [-0.3, -0.25) is 4.90 Å². The Labute approximate surface area is 117 Å². The van der Waals surface area contributed by atoms with Crippen LogP contribution in [0, 0.1) is 5.82 Å². The Balaban J connectivity index is 2.06. The van der Waals surface area contributed by atoms with Gasteiger partial charge in [-0.05, 0) is 38.1 Å². The Kier molecular flexibility index (Phi) is 4.44. The van der Waals surface area contributed by atoms with Crippen LogP contribution in [0.25, 0.3) is 0 Å². The highest BCUT2D eigenvalue weighted by atomic mass is 19.1. The standard InChI is InChI=1S/C14H20FN3O2/c1-2-18-5-3-4-9(18)8-17-13-7-11(15)10(14(19)20)6-12(13)16/h6-7,9,17H,2-5,8,16H2,1H3,(H,19,20). The molecule has 0 amide bonds. The van der Waals surface area contributed by atoms with Crippen LogP contribution in [0.15, 0.2) is 12.1 Å². The third-order valence-electron chi connectivity index (χ3n) is 3.80. The van der Waals surface area contributed by atoms with E-state index in [0.29, 0.717) is 18.3 Å². The van der Waals surface area contributed by atoms with Gasteiger partial charge in [-0.2, -0.15) is 0 Å². The van der Waals surface area contributed by atoms with Gasteiger partial charge in [0.25, 0.3) is 0 Å². The Morgan fingerprint density at radius 1 is 1.60 bits per heavy atom. The average Bonchev–Trinajstić information content (AvgIpc) is 2.86. The van der Waals surface area contributed by atoms with Gasteiger partial charge in [0.2, 0.25) is 0 Å². The minimum atomic E-state index is -1.31. The Hall–Kier alpha value is -1.82. The molecule has 1 heterocycles. The highest BCUT2D eigenvalue weighted by molar-refractivity contribution is 5.90. The third kappa shape index (κ3) is 3.01. The molecule has 1 aliphatic heterocycles. The van der Waals surface area contributed by atoms with Crippen LogP contribution < -0.4 is 11.1 Å². The van der Waals surface area contributed by atoms with Gasteiger partial charge in [0.05, 0.1) is 16.9 Å². The molecular formula is C14H20FN3O2. The zero-order valence-corrected chi connectivity index (χ0v) is 11.5. The minimum Gasteiger partial charge on any atom is -0.478 e. The van der Waals surface area contributed by atoms with Gasteiger partial charge >= 0.3 is 5.97 Å². The lowest BCUT2D eigenvalue weighted by Crippen LogP contribution is -2.34. The van der Waals surface area contributed by atoms with Crippen LogP contribution in [0.1, 0.15) is 30.1 Å². The van der Waals surface area contributed by atoms with Gasteiger partial charge < -0.3 is 16.2 Å². The zero-order chi connectivity index (χ0) is 14.7. The largest absolute Gasteiger partial charge is 0.478 e. The average molecular weight is 281 g/mol. The molecule has 0 aromatic heterocycles. The fraction of sp³-hybridized carbons (Fsp3) is 0.500. The van der Waals surface area contributed by atoms with Crippen molar-refractivity contribution in [2.45, 2.75) is 25.8 Å². The molecule has 20 heavy (non-hydrogen) atoms. The monoisotopic (exact) mass is 281 g/mol. The van der Waals surface area contributed by atoms with Crippen molar-refractivity contribution < 1.29 is 14.3 Å². The van der Waals surface area contributed by atoms with Crippen molar-refractivity contribution in [3.63, 3.8) is 0 Å². The molecule has 6 heteroatoms. The predicted octanol–water partition coefficient (Wildman–Crippen LogP) is 2.00. The molecule has 110 valence electrons. The summed E-state index contributed by atoms with van der Waals surface area (Å²) in [4.78, 5) is 13.2. The van der Waals surface area contributed by atoms with E-state index < -0.39 is 17.3 Å². The van der Waals surface area contributed by atoms with Crippen molar-refractivity contribution in [1.29, 1.82) is 0 Å². The summed E-state index contributed by atoms with van der Waals surface area (Å²) in [5, 5.41) is 12.0. The van der Waals surface area contributed by atoms with Gasteiger partial charge in [0.15, 0.2) is 0 Å². The molecule has 0 bridgehead atoms. The van der Waals surface area contributed by atoms with Gasteiger partial charge in [0.1, 0.15) is 5.82 Å². The number of aromatic carboxylic acids is 1. The topological polar surface area (TPSA) is 78.6 Å². The highest BCUT2D eigenvalue weighted by Gasteiger charge is 2.23. The molecule has 4 N–H and O–H groups in total. The number of rotatable bonds is 5. The molecule has 0 spiro atoms. The Bertz CT molecular complexity index is 507. The van der Waals surface area contributed by atoms with Crippen LogP contribution in [0.3, 0.4) is 0 Å². The van der Waals surface area contributed by atoms with E-state index in [1.165, 1.54) is 6.42 Å². The number of benzene rings is 1. The number of nitrogen functional groups attached to an aromatic ring is 1. The first-order valence-electron chi connectivity index (χ1n) is 6.83. The van der Waals surface area contributed by atoms with E-state index in [0.717, 1.165) is 31.6 Å². The number of halogens is 1. The van der Waals surface area contributed by atoms with Crippen LogP contribution in [-0.4, -0.2) is 41.7 Å². The lowest BCUT2D eigenvalue weighted by molar-refractivity contribution is 0.0692. The normalized spacial score (nSPS) is 19.2. The van der Waals surface area contributed by atoms with E-state index in [4.69, 9.17) is 10.8 Å². The van der Waals surface area contributed by atoms with E-state index in [-0.39, 0.29) is 5.69 Å². The number of carboxylic acids is 1. The van der Waals surface area contributed by atoms with E-state index in [2.05, 4.69) is 17.1 Å². The maximum Gasteiger partial charge on any atom is 0.338 e. The maximum atomic E-state index is 13.6. The van der Waals surface area contributed by atoms with Gasteiger partial charge in [-0.15, -0.1) is 0 Å². The number of hydrogen-bond donors (Lipinski definition) is 3. The summed E-state index contributed by atoms with van der Waals surface area (Å²) in [6.07, 6.45) is 2.28. The maximum absolute atomic E-state index is 13.6. The summed E-state index contributed by atoms with van der Waals surface area (Å²) in [6.45, 7) is 4.89. The minimum absolute atomic E-state index is 0.254. The molecule has 1 aliphatic rings. The predicted molar refractivity (Wildman–Crippen MR) is 76.5 cm³/mol. The molecule has 1 aromatic rings. The van der Waals surface area contributed by atoms with Gasteiger partial charge in [-0.25, -0.2) is 9.18 Å². The van der Waals surface area contributed by atoms with Crippen molar-refractivity contribution in [1.82, 2.24) is 4.90 Å². The number of carboxylic acid groups (broad SMARTS) is 1. The van der Waals surface area contributed by atoms with Crippen LogP contribution >= 0.6 is 0 Å². The molecule has 0 radical (unpaired) electrons. The number of nitrogens with zero attached hydrogens (tertiary/aromatic N) is 1. The molecule has 1 fully saturated rings. The number of carbonyl (C=O) groups is 1. The second-order valence-electron chi connectivity index (χ2n) is 5.03. The van der Waals surface area contributed by atoms with Crippen molar-refractivity contribution in [3.8, 4) is 0 Å². The highest BCUT2D eigenvalue weighted by Crippen LogP contribution is 2.24. The molecule has 1 aromatic carbocycles. The fourth-order valence-electron chi connectivity index (χ4n) is 2.68. The van der Waals surface area contributed by atoms with E-state index >= 15 is 0 Å². The first-order valence-corrected chi connectivity index (χ1v) is 6.83. The molecule has 0 saturated carbocycles.